The number of aromatic nitrogens is 2. The summed E-state index contributed by atoms with van der Waals surface area (Å²) in [6, 6.07) is 6.30. The van der Waals surface area contributed by atoms with E-state index in [9.17, 15) is 14.0 Å². The Morgan fingerprint density at radius 1 is 1.39 bits per heavy atom. The molecule has 1 fully saturated rings. The number of hydrogen-bond acceptors (Lipinski definition) is 5. The third kappa shape index (κ3) is 4.36. The molecule has 1 atom stereocenters. The number of benzene rings is 1. The van der Waals surface area contributed by atoms with Crippen LogP contribution in [0.3, 0.4) is 0 Å². The number of fused-ring (bicyclic) bond motifs is 1. The fourth-order valence-electron chi connectivity index (χ4n) is 4.39. The number of hydrogen-bond donors (Lipinski definition) is 3. The smallest absolute Gasteiger partial charge is 0.298 e. The zero-order chi connectivity index (χ0) is 25.2. The zero-order valence-corrected chi connectivity index (χ0v) is 20.2. The Labute approximate surface area is 212 Å². The fourth-order valence-corrected chi connectivity index (χ4v) is 4.56. The van der Waals surface area contributed by atoms with Crippen LogP contribution in [0.4, 0.5) is 15.8 Å². The summed E-state index contributed by atoms with van der Waals surface area (Å²) < 4.78 is 20.9. The number of ether oxygens (including phenoxy) is 1. The predicted molar refractivity (Wildman–Crippen MR) is 134 cm³/mol. The third-order valence-corrected chi connectivity index (χ3v) is 6.59. The van der Waals surface area contributed by atoms with E-state index in [1.165, 1.54) is 6.07 Å². The number of rotatable bonds is 6. The van der Waals surface area contributed by atoms with Crippen molar-refractivity contribution < 1.29 is 18.7 Å². The molecule has 0 radical (unpaired) electrons. The average molecular weight is 508 g/mol. The number of anilines is 2. The first-order chi connectivity index (χ1) is 17.5. The summed E-state index contributed by atoms with van der Waals surface area (Å²) in [5.41, 5.74) is 2.90. The maximum atomic E-state index is 14.8. The van der Waals surface area contributed by atoms with Crippen molar-refractivity contribution in [3.05, 3.63) is 58.8 Å². The van der Waals surface area contributed by atoms with Crippen molar-refractivity contribution in [3.8, 4) is 28.8 Å². The normalized spacial score (nSPS) is 16.2. The lowest BCUT2D eigenvalue weighted by Gasteiger charge is -2.39. The van der Waals surface area contributed by atoms with Crippen LogP contribution in [0.5, 0.6) is 5.75 Å². The van der Waals surface area contributed by atoms with E-state index in [0.29, 0.717) is 47.8 Å². The van der Waals surface area contributed by atoms with E-state index in [2.05, 4.69) is 32.4 Å². The van der Waals surface area contributed by atoms with E-state index in [-0.39, 0.29) is 35.2 Å². The molecule has 3 N–H and O–H groups in total. The molecular formula is C26H23ClFN5O3. The quantitative estimate of drug-likeness (QED) is 0.439. The lowest BCUT2D eigenvalue weighted by molar-refractivity contribution is -0.133. The number of aromatic amines is 1. The molecule has 1 aromatic carbocycles. The first-order valence-electron chi connectivity index (χ1n) is 11.5. The number of halogens is 2. The van der Waals surface area contributed by atoms with Crippen LogP contribution in [0.2, 0.25) is 5.02 Å². The van der Waals surface area contributed by atoms with Gasteiger partial charge in [-0.3, -0.25) is 14.6 Å². The van der Waals surface area contributed by atoms with Gasteiger partial charge in [-0.25, -0.2) is 4.39 Å². The Morgan fingerprint density at radius 2 is 2.25 bits per heavy atom. The van der Waals surface area contributed by atoms with E-state index in [1.807, 2.05) is 0 Å². The minimum Gasteiger partial charge on any atom is -0.489 e. The Bertz CT molecular complexity index is 1410. The maximum absolute atomic E-state index is 14.8. The van der Waals surface area contributed by atoms with Gasteiger partial charge < -0.3 is 25.3 Å². The van der Waals surface area contributed by atoms with Crippen molar-refractivity contribution in [2.45, 2.75) is 25.8 Å². The summed E-state index contributed by atoms with van der Waals surface area (Å²) in [5.74, 6) is 4.56. The van der Waals surface area contributed by atoms with E-state index < -0.39 is 5.82 Å². The highest BCUT2D eigenvalue weighted by atomic mass is 35.5. The number of carbonyl (C=O) groups excluding carboxylic acids is 2. The van der Waals surface area contributed by atoms with E-state index in [4.69, 9.17) is 16.3 Å². The van der Waals surface area contributed by atoms with Gasteiger partial charge in [-0.1, -0.05) is 23.6 Å². The van der Waals surface area contributed by atoms with Gasteiger partial charge in [-0.15, -0.1) is 0 Å². The van der Waals surface area contributed by atoms with Crippen molar-refractivity contribution in [3.63, 3.8) is 0 Å². The predicted octanol–water partition coefficient (Wildman–Crippen LogP) is 3.90. The Hall–Kier alpha value is -4.03. The molecule has 0 bridgehead atoms. The highest BCUT2D eigenvalue weighted by molar-refractivity contribution is 6.31. The van der Waals surface area contributed by atoms with Crippen LogP contribution in [-0.4, -0.2) is 52.4 Å². The van der Waals surface area contributed by atoms with Gasteiger partial charge in [0.1, 0.15) is 12.4 Å². The molecule has 10 heteroatoms. The topological polar surface area (TPSA) is 99.3 Å². The first kappa shape index (κ1) is 23.7. The molecule has 3 aromatic rings. The highest BCUT2D eigenvalue weighted by Crippen LogP contribution is 2.41. The Balaban J connectivity index is 1.50. The minimum absolute atomic E-state index is 0.0318. The largest absolute Gasteiger partial charge is 0.489 e. The van der Waals surface area contributed by atoms with Crippen molar-refractivity contribution in [2.75, 3.05) is 25.0 Å². The van der Waals surface area contributed by atoms with Gasteiger partial charge in [-0.05, 0) is 37.5 Å². The molecule has 0 saturated carbocycles. The monoisotopic (exact) mass is 507 g/mol. The van der Waals surface area contributed by atoms with Crippen molar-refractivity contribution in [2.24, 2.45) is 0 Å². The van der Waals surface area contributed by atoms with Crippen LogP contribution in [0.25, 0.3) is 11.3 Å². The highest BCUT2D eigenvalue weighted by Gasteiger charge is 2.33. The minimum atomic E-state index is -0.618. The summed E-state index contributed by atoms with van der Waals surface area (Å²) >= 11 is 5.99. The molecule has 8 nitrogen and oxygen atoms in total. The molecule has 1 saturated heterocycles. The molecule has 0 spiro atoms. The molecule has 0 unspecified atom stereocenters. The number of likely N-dealkylation sites (tertiary alicyclic amines) is 1. The van der Waals surface area contributed by atoms with Crippen molar-refractivity contribution in [1.29, 1.82) is 0 Å². The van der Waals surface area contributed by atoms with E-state index in [1.54, 1.807) is 42.4 Å². The Kier molecular flexibility index (Phi) is 6.53. The second-order valence-corrected chi connectivity index (χ2v) is 8.87. The number of H-pyrrole nitrogens is 1. The maximum Gasteiger partial charge on any atom is 0.298 e. The molecular weight excluding hydrogens is 485 g/mol. The second-order valence-electron chi connectivity index (χ2n) is 8.46. The summed E-state index contributed by atoms with van der Waals surface area (Å²) in [5, 5.41) is 5.88. The van der Waals surface area contributed by atoms with Gasteiger partial charge in [0.15, 0.2) is 5.82 Å². The van der Waals surface area contributed by atoms with Gasteiger partial charge >= 0.3 is 0 Å². The number of nitrogens with zero attached hydrogens (tertiary/aromatic N) is 2. The van der Waals surface area contributed by atoms with Gasteiger partial charge in [0, 0.05) is 37.0 Å². The van der Waals surface area contributed by atoms with Crippen molar-refractivity contribution in [1.82, 2.24) is 20.2 Å². The first-order valence-corrected chi connectivity index (χ1v) is 11.9. The summed E-state index contributed by atoms with van der Waals surface area (Å²) in [6.45, 7) is 3.02. The van der Waals surface area contributed by atoms with E-state index >= 15 is 0 Å². The molecule has 5 rings (SSSR count). The standard InChI is InChI=1S/C26H23ClFN5O3/c1-2-4-21(34)33-12-9-15(33)14-36-20-13-29-10-7-16(20)24-25(22-18(31-24)8-11-30-26(22)35)32-19-6-3-5-17(27)23(19)28/h3,5-7,10,13,15,31-32H,8-9,11-12,14H2,1H3,(H,30,35)/t15-/m1/s1. The summed E-state index contributed by atoms with van der Waals surface area (Å²) in [6.07, 6.45) is 4.59. The fraction of sp³-hybridized carbons (Fsp3) is 0.269. The van der Waals surface area contributed by atoms with Gasteiger partial charge in [-0.2, -0.15) is 0 Å². The lowest BCUT2D eigenvalue weighted by Crippen LogP contribution is -2.53. The second kappa shape index (κ2) is 9.91. The SMILES string of the molecule is CC#CC(=O)N1CC[C@@H]1COc1cnccc1-c1[nH]c2c(c1Nc1cccc(Cl)c1F)C(=O)NCC2. The number of nitrogens with one attached hydrogen (secondary N) is 3. The van der Waals surface area contributed by atoms with Crippen molar-refractivity contribution >= 4 is 34.8 Å². The van der Waals surface area contributed by atoms with E-state index in [0.717, 1.165) is 12.1 Å². The van der Waals surface area contributed by atoms with Crippen LogP contribution < -0.4 is 15.4 Å². The molecule has 2 aliphatic rings. The molecule has 2 aliphatic heterocycles. The number of pyridine rings is 1. The summed E-state index contributed by atoms with van der Waals surface area (Å²) in [7, 11) is 0. The van der Waals surface area contributed by atoms with Gasteiger partial charge in [0.25, 0.3) is 11.8 Å². The Morgan fingerprint density at radius 3 is 3.03 bits per heavy atom. The van der Waals surface area contributed by atoms with Crippen LogP contribution >= 0.6 is 11.6 Å². The van der Waals surface area contributed by atoms with Crippen LogP contribution in [-0.2, 0) is 11.2 Å². The van der Waals surface area contributed by atoms with Crippen LogP contribution in [0.1, 0.15) is 29.4 Å². The zero-order valence-electron chi connectivity index (χ0n) is 19.5. The average Bonchev–Trinajstić information content (AvgIpc) is 3.21. The summed E-state index contributed by atoms with van der Waals surface area (Å²) in [4.78, 5) is 34.2. The number of amides is 2. The molecule has 2 aromatic heterocycles. The van der Waals surface area contributed by atoms with Crippen LogP contribution in [0, 0.1) is 17.7 Å². The third-order valence-electron chi connectivity index (χ3n) is 6.30. The molecule has 4 heterocycles. The lowest BCUT2D eigenvalue weighted by atomic mass is 10.0. The van der Waals surface area contributed by atoms with Crippen LogP contribution in [0.15, 0.2) is 36.7 Å². The molecule has 2 amide bonds. The van der Waals surface area contributed by atoms with Gasteiger partial charge in [0.2, 0.25) is 0 Å². The number of carbonyl (C=O) groups is 2. The molecule has 184 valence electrons. The van der Waals surface area contributed by atoms with Gasteiger partial charge in [0.05, 0.1) is 39.9 Å². The molecule has 36 heavy (non-hydrogen) atoms. The molecule has 0 aliphatic carbocycles.